The first kappa shape index (κ1) is 19.1. The Labute approximate surface area is 161 Å². The Kier molecular flexibility index (Phi) is 6.23. The molecular weight excluding hydrogens is 336 g/mol. The van der Waals surface area contributed by atoms with Gasteiger partial charge < -0.3 is 4.74 Å². The van der Waals surface area contributed by atoms with Crippen molar-refractivity contribution in [2.45, 2.75) is 38.7 Å². The Morgan fingerprint density at radius 2 is 1.37 bits per heavy atom. The van der Waals surface area contributed by atoms with Gasteiger partial charge in [-0.1, -0.05) is 80.1 Å². The molecule has 3 nitrogen and oxygen atoms in total. The Morgan fingerprint density at radius 1 is 0.889 bits per heavy atom. The average Bonchev–Trinajstić information content (AvgIpc) is 2.72. The lowest BCUT2D eigenvalue weighted by Crippen LogP contribution is -2.35. The molecule has 0 spiro atoms. The number of carbonyl (C=O) groups excluding carboxylic acids is 2. The Hall–Kier alpha value is -2.68. The van der Waals surface area contributed by atoms with Crippen LogP contribution in [-0.2, 0) is 14.3 Å². The number of Topliss-reactive ketones (excluding diaryl/α,β-unsaturated/α-hetero) is 1. The van der Waals surface area contributed by atoms with Crippen molar-refractivity contribution in [2.24, 2.45) is 11.8 Å². The van der Waals surface area contributed by atoms with Crippen molar-refractivity contribution in [3.05, 3.63) is 83.9 Å². The Morgan fingerprint density at radius 3 is 1.85 bits per heavy atom. The molecule has 0 radical (unpaired) electrons. The molecule has 1 saturated carbocycles. The predicted molar refractivity (Wildman–Crippen MR) is 106 cm³/mol. The molecule has 0 saturated heterocycles. The molecule has 2 aromatic carbocycles. The maximum Gasteiger partial charge on any atom is 0.310 e. The summed E-state index contributed by atoms with van der Waals surface area (Å²) >= 11 is 0. The second-order valence-electron chi connectivity index (χ2n) is 7.28. The number of hydrogen-bond donors (Lipinski definition) is 0. The SMILES string of the molecule is C=C(C)C(=O)[C@@H]1CCCC[C@H]1C(=O)OC(c1ccccc1)c1ccccc1. The third-order valence-electron chi connectivity index (χ3n) is 5.26. The molecule has 0 N–H and O–H groups in total. The largest absolute Gasteiger partial charge is 0.452 e. The van der Waals surface area contributed by atoms with E-state index in [2.05, 4.69) is 6.58 Å². The molecule has 0 unspecified atom stereocenters. The molecular formula is C24H26O3. The van der Waals surface area contributed by atoms with Gasteiger partial charge in [0.15, 0.2) is 11.9 Å². The molecule has 27 heavy (non-hydrogen) atoms. The van der Waals surface area contributed by atoms with E-state index in [1.807, 2.05) is 60.7 Å². The Bertz CT molecular complexity index is 755. The molecule has 0 amide bonds. The summed E-state index contributed by atoms with van der Waals surface area (Å²) in [6.07, 6.45) is 2.86. The molecule has 0 heterocycles. The van der Waals surface area contributed by atoms with E-state index in [1.165, 1.54) is 0 Å². The van der Waals surface area contributed by atoms with E-state index in [1.54, 1.807) is 6.92 Å². The van der Waals surface area contributed by atoms with Crippen molar-refractivity contribution in [3.63, 3.8) is 0 Å². The minimum Gasteiger partial charge on any atom is -0.452 e. The quantitative estimate of drug-likeness (QED) is 0.519. The minimum absolute atomic E-state index is 0.00683. The van der Waals surface area contributed by atoms with Gasteiger partial charge in [0, 0.05) is 5.92 Å². The average molecular weight is 362 g/mol. The van der Waals surface area contributed by atoms with Gasteiger partial charge >= 0.3 is 5.97 Å². The molecule has 2 atom stereocenters. The van der Waals surface area contributed by atoms with Crippen molar-refractivity contribution >= 4 is 11.8 Å². The fourth-order valence-corrected chi connectivity index (χ4v) is 3.83. The molecule has 1 aliphatic rings. The van der Waals surface area contributed by atoms with Crippen molar-refractivity contribution in [1.82, 2.24) is 0 Å². The lowest BCUT2D eigenvalue weighted by molar-refractivity contribution is -0.157. The lowest BCUT2D eigenvalue weighted by Gasteiger charge is -2.30. The van der Waals surface area contributed by atoms with Gasteiger partial charge in [0.25, 0.3) is 0 Å². The van der Waals surface area contributed by atoms with Gasteiger partial charge in [0.05, 0.1) is 5.92 Å². The van der Waals surface area contributed by atoms with Crippen LogP contribution < -0.4 is 0 Å². The standard InChI is InChI=1S/C24H26O3/c1-17(2)22(25)20-15-9-10-16-21(20)24(26)27-23(18-11-5-3-6-12-18)19-13-7-4-8-14-19/h3-8,11-14,20-21,23H,1,9-10,15-16H2,2H3/t20-,21-/m1/s1. The number of benzene rings is 2. The van der Waals surface area contributed by atoms with Crippen molar-refractivity contribution in [1.29, 1.82) is 0 Å². The van der Waals surface area contributed by atoms with E-state index < -0.39 is 12.0 Å². The zero-order valence-electron chi connectivity index (χ0n) is 15.8. The van der Waals surface area contributed by atoms with Crippen LogP contribution in [0, 0.1) is 11.8 Å². The first-order valence-electron chi connectivity index (χ1n) is 9.58. The van der Waals surface area contributed by atoms with Gasteiger partial charge in [-0.05, 0) is 36.5 Å². The van der Waals surface area contributed by atoms with E-state index in [0.29, 0.717) is 12.0 Å². The van der Waals surface area contributed by atoms with Gasteiger partial charge in [-0.3, -0.25) is 9.59 Å². The highest BCUT2D eigenvalue weighted by Crippen LogP contribution is 2.35. The molecule has 3 rings (SSSR count). The van der Waals surface area contributed by atoms with Gasteiger partial charge in [-0.15, -0.1) is 0 Å². The van der Waals surface area contributed by atoms with Crippen molar-refractivity contribution in [2.75, 3.05) is 0 Å². The van der Waals surface area contributed by atoms with Gasteiger partial charge in [0.2, 0.25) is 0 Å². The van der Waals surface area contributed by atoms with Crippen LogP contribution in [0.5, 0.6) is 0 Å². The monoisotopic (exact) mass is 362 g/mol. The Balaban J connectivity index is 1.85. The lowest BCUT2D eigenvalue weighted by atomic mass is 9.75. The summed E-state index contributed by atoms with van der Waals surface area (Å²) in [7, 11) is 0. The number of carbonyl (C=O) groups is 2. The van der Waals surface area contributed by atoms with Crippen LogP contribution in [0.15, 0.2) is 72.8 Å². The van der Waals surface area contributed by atoms with Crippen LogP contribution in [0.3, 0.4) is 0 Å². The van der Waals surface area contributed by atoms with Gasteiger partial charge in [-0.2, -0.15) is 0 Å². The fourth-order valence-electron chi connectivity index (χ4n) is 3.83. The van der Waals surface area contributed by atoms with E-state index >= 15 is 0 Å². The molecule has 0 aromatic heterocycles. The zero-order chi connectivity index (χ0) is 19.2. The minimum atomic E-state index is -0.470. The molecule has 140 valence electrons. The van der Waals surface area contributed by atoms with Gasteiger partial charge in [-0.25, -0.2) is 0 Å². The van der Waals surface area contributed by atoms with Crippen LogP contribution in [0.1, 0.15) is 49.8 Å². The molecule has 1 aliphatic carbocycles. The molecule has 0 bridgehead atoms. The van der Waals surface area contributed by atoms with Crippen LogP contribution in [0.25, 0.3) is 0 Å². The van der Waals surface area contributed by atoms with Crippen LogP contribution in [-0.4, -0.2) is 11.8 Å². The summed E-state index contributed by atoms with van der Waals surface area (Å²) in [4.78, 5) is 25.6. The fraction of sp³-hybridized carbons (Fsp3) is 0.333. The summed E-state index contributed by atoms with van der Waals surface area (Å²) in [5.74, 6) is -0.992. The summed E-state index contributed by atoms with van der Waals surface area (Å²) in [6, 6.07) is 19.5. The maximum atomic E-state index is 13.1. The third kappa shape index (κ3) is 4.54. The highest BCUT2D eigenvalue weighted by molar-refractivity contribution is 5.98. The maximum absolute atomic E-state index is 13.1. The number of ketones is 1. The molecule has 1 fully saturated rings. The zero-order valence-corrected chi connectivity index (χ0v) is 15.8. The van der Waals surface area contributed by atoms with Crippen LogP contribution >= 0.6 is 0 Å². The normalized spacial score (nSPS) is 19.5. The van der Waals surface area contributed by atoms with Crippen molar-refractivity contribution in [3.8, 4) is 0 Å². The summed E-state index contributed by atoms with van der Waals surface area (Å²) in [5, 5.41) is 0. The molecule has 2 aromatic rings. The number of rotatable bonds is 6. The van der Waals surface area contributed by atoms with E-state index in [9.17, 15) is 9.59 Å². The second kappa shape index (κ2) is 8.81. The second-order valence-corrected chi connectivity index (χ2v) is 7.28. The summed E-state index contributed by atoms with van der Waals surface area (Å²) < 4.78 is 6.00. The van der Waals surface area contributed by atoms with E-state index in [-0.39, 0.29) is 17.7 Å². The van der Waals surface area contributed by atoms with Gasteiger partial charge in [0.1, 0.15) is 0 Å². The topological polar surface area (TPSA) is 43.4 Å². The van der Waals surface area contributed by atoms with Crippen LogP contribution in [0.2, 0.25) is 0 Å². The first-order valence-corrected chi connectivity index (χ1v) is 9.58. The molecule has 3 heteroatoms. The highest BCUT2D eigenvalue weighted by atomic mass is 16.5. The smallest absolute Gasteiger partial charge is 0.310 e. The van der Waals surface area contributed by atoms with Crippen molar-refractivity contribution < 1.29 is 14.3 Å². The third-order valence-corrected chi connectivity index (χ3v) is 5.26. The summed E-state index contributed by atoms with van der Waals surface area (Å²) in [6.45, 7) is 5.50. The van der Waals surface area contributed by atoms with Crippen LogP contribution in [0.4, 0.5) is 0 Å². The number of esters is 1. The van der Waals surface area contributed by atoms with E-state index in [0.717, 1.165) is 30.4 Å². The summed E-state index contributed by atoms with van der Waals surface area (Å²) in [5.41, 5.74) is 2.37. The number of ether oxygens (including phenoxy) is 1. The first-order chi connectivity index (χ1) is 13.1. The van der Waals surface area contributed by atoms with E-state index in [4.69, 9.17) is 4.74 Å². The number of hydrogen-bond acceptors (Lipinski definition) is 3. The highest BCUT2D eigenvalue weighted by Gasteiger charge is 2.38. The molecule has 0 aliphatic heterocycles. The predicted octanol–water partition coefficient (Wildman–Crippen LogP) is 5.27. The number of allylic oxidation sites excluding steroid dienone is 1.